The lowest BCUT2D eigenvalue weighted by Crippen LogP contribution is -2.42. The van der Waals surface area contributed by atoms with Crippen LogP contribution in [0.25, 0.3) is 16.6 Å². The number of alkyl carbamates (subject to hydrolysis) is 1. The third-order valence-electron chi connectivity index (χ3n) is 6.90. The van der Waals surface area contributed by atoms with E-state index in [0.29, 0.717) is 5.56 Å². The second-order valence-corrected chi connectivity index (χ2v) is 11.7. The molecule has 3 heterocycles. The molecule has 12 heteroatoms. The molecular formula is C29H34ClFN8O2. The van der Waals surface area contributed by atoms with Gasteiger partial charge in [0.2, 0.25) is 0 Å². The molecule has 0 radical (unpaired) electrons. The number of benzene rings is 1. The minimum atomic E-state index is -0.547. The van der Waals surface area contributed by atoms with Crippen LogP contribution in [0.15, 0.2) is 54.0 Å². The van der Waals surface area contributed by atoms with Crippen LogP contribution in [0.5, 0.6) is 0 Å². The van der Waals surface area contributed by atoms with Crippen molar-refractivity contribution >= 4 is 40.4 Å². The van der Waals surface area contributed by atoms with Crippen LogP contribution < -0.4 is 16.4 Å². The molecule has 0 unspecified atom stereocenters. The van der Waals surface area contributed by atoms with Crippen LogP contribution in [0.2, 0.25) is 5.02 Å². The Bertz CT molecular complexity index is 1600. The molecule has 4 N–H and O–H groups in total. The number of hydrogen-bond acceptors (Lipinski definition) is 6. The fourth-order valence-electron chi connectivity index (χ4n) is 4.95. The monoisotopic (exact) mass is 580 g/mol. The number of halogens is 2. The molecule has 5 rings (SSSR count). The number of carbonyl (C=O) groups is 1. The van der Waals surface area contributed by atoms with Gasteiger partial charge < -0.3 is 21.1 Å². The van der Waals surface area contributed by atoms with Crippen molar-refractivity contribution in [1.29, 1.82) is 0 Å². The Labute approximate surface area is 242 Å². The van der Waals surface area contributed by atoms with E-state index in [1.165, 1.54) is 18.2 Å². The highest BCUT2D eigenvalue weighted by Gasteiger charge is 2.26. The van der Waals surface area contributed by atoms with Gasteiger partial charge in [0, 0.05) is 48.7 Å². The molecule has 0 saturated heterocycles. The van der Waals surface area contributed by atoms with Gasteiger partial charge in [-0.05, 0) is 64.7 Å². The van der Waals surface area contributed by atoms with Gasteiger partial charge in [0.05, 0.1) is 39.9 Å². The second-order valence-electron chi connectivity index (χ2n) is 11.3. The number of nitrogens with one attached hydrogen (secondary N) is 2. The molecule has 0 bridgehead atoms. The van der Waals surface area contributed by atoms with Gasteiger partial charge in [0.1, 0.15) is 17.3 Å². The summed E-state index contributed by atoms with van der Waals surface area (Å²) >= 11 is 6.26. The Balaban J connectivity index is 1.44. The maximum absolute atomic E-state index is 13.9. The zero-order valence-corrected chi connectivity index (χ0v) is 24.2. The number of aliphatic imine (C=N–C) groups is 1. The highest BCUT2D eigenvalue weighted by molar-refractivity contribution is 6.33. The number of ether oxygens (including phenoxy) is 1. The first-order valence-corrected chi connectivity index (χ1v) is 13.9. The predicted molar refractivity (Wildman–Crippen MR) is 158 cm³/mol. The topological polar surface area (TPSA) is 124 Å². The van der Waals surface area contributed by atoms with E-state index >= 15 is 0 Å². The number of rotatable bonds is 6. The molecule has 41 heavy (non-hydrogen) atoms. The number of aromatic nitrogens is 4. The molecule has 0 spiro atoms. The minimum Gasteiger partial charge on any atom is -0.444 e. The highest BCUT2D eigenvalue weighted by atomic mass is 35.5. The Morgan fingerprint density at radius 1 is 1.10 bits per heavy atom. The van der Waals surface area contributed by atoms with Crippen molar-refractivity contribution in [2.75, 3.05) is 5.32 Å². The van der Waals surface area contributed by atoms with Crippen LogP contribution >= 0.6 is 11.6 Å². The summed E-state index contributed by atoms with van der Waals surface area (Å²) in [5, 5.41) is 15.8. The lowest BCUT2D eigenvalue weighted by molar-refractivity contribution is 0.0492. The molecule has 1 aliphatic carbocycles. The van der Waals surface area contributed by atoms with Crippen molar-refractivity contribution in [2.24, 2.45) is 17.8 Å². The number of fused-ring (bicyclic) bond motifs is 1. The average Bonchev–Trinajstić information content (AvgIpc) is 3.53. The minimum absolute atomic E-state index is 0.0343. The van der Waals surface area contributed by atoms with Gasteiger partial charge in [-0.15, -0.1) is 0 Å². The molecule has 1 amide bonds. The summed E-state index contributed by atoms with van der Waals surface area (Å²) in [6.45, 7) is 5.54. The number of aryl methyl sites for hydroxylation is 1. The van der Waals surface area contributed by atoms with Crippen LogP contribution in [-0.2, 0) is 11.8 Å². The lowest BCUT2D eigenvalue weighted by atomic mass is 9.91. The van der Waals surface area contributed by atoms with E-state index in [0.717, 1.165) is 48.0 Å². The largest absolute Gasteiger partial charge is 0.444 e. The average molecular weight is 581 g/mol. The van der Waals surface area contributed by atoms with Gasteiger partial charge in [-0.3, -0.25) is 4.68 Å². The Kier molecular flexibility index (Phi) is 7.90. The molecule has 10 nitrogen and oxygen atoms in total. The number of nitrogens with two attached hydrogens (primary N) is 1. The van der Waals surface area contributed by atoms with Crippen molar-refractivity contribution in [3.05, 3.63) is 65.5 Å². The maximum Gasteiger partial charge on any atom is 0.407 e. The van der Waals surface area contributed by atoms with Crippen molar-refractivity contribution in [1.82, 2.24) is 24.7 Å². The first-order valence-electron chi connectivity index (χ1n) is 13.5. The number of anilines is 1. The van der Waals surface area contributed by atoms with Crippen molar-refractivity contribution in [2.45, 2.75) is 64.1 Å². The summed E-state index contributed by atoms with van der Waals surface area (Å²) in [5.41, 5.74) is 10.2. The maximum atomic E-state index is 13.9. The molecule has 1 fully saturated rings. The van der Waals surface area contributed by atoms with Gasteiger partial charge in [-0.2, -0.15) is 10.2 Å². The fourth-order valence-corrected chi connectivity index (χ4v) is 5.11. The molecule has 0 aliphatic heterocycles. The van der Waals surface area contributed by atoms with E-state index < -0.39 is 17.5 Å². The van der Waals surface area contributed by atoms with Crippen molar-refractivity contribution in [3.8, 4) is 11.1 Å². The third kappa shape index (κ3) is 6.79. The summed E-state index contributed by atoms with van der Waals surface area (Å²) in [6.07, 6.45) is 10.1. The molecule has 1 aromatic carbocycles. The highest BCUT2D eigenvalue weighted by Crippen LogP contribution is 2.32. The summed E-state index contributed by atoms with van der Waals surface area (Å²) < 4.78 is 22.9. The van der Waals surface area contributed by atoms with E-state index in [2.05, 4.69) is 25.8 Å². The number of carbonyl (C=O) groups excluding carboxylic acids is 1. The zero-order valence-electron chi connectivity index (χ0n) is 23.5. The van der Waals surface area contributed by atoms with Crippen molar-refractivity contribution in [3.63, 3.8) is 0 Å². The van der Waals surface area contributed by atoms with Crippen LogP contribution in [0, 0.1) is 5.82 Å². The van der Waals surface area contributed by atoms with Crippen LogP contribution in [0.3, 0.4) is 0 Å². The lowest BCUT2D eigenvalue weighted by Gasteiger charge is -2.31. The summed E-state index contributed by atoms with van der Waals surface area (Å²) in [4.78, 5) is 16.7. The van der Waals surface area contributed by atoms with E-state index in [9.17, 15) is 9.18 Å². The molecule has 0 atom stereocenters. The summed E-state index contributed by atoms with van der Waals surface area (Å²) in [5.74, 6) is -0.309. The molecule has 3 aromatic heterocycles. The smallest absolute Gasteiger partial charge is 0.407 e. The normalized spacial score (nSPS) is 18.0. The first-order chi connectivity index (χ1) is 19.4. The third-order valence-corrected chi connectivity index (χ3v) is 7.22. The molecular weight excluding hydrogens is 547 g/mol. The standard InChI is InChI=1S/C29H34ClFN8O2/c1-29(2,3)41-28(40)36-21-8-6-20(7-9-21)35-26-22(27(32)37-24-12-19(31)5-10-23(24)30)14-34-39-16-17(11-25(26)39)18-13-33-38(4)15-18/h5,10-16,20-21,35H,6-9H2,1-4H3,(H2,32,37)(H,36,40)/t20-,21-. The Morgan fingerprint density at radius 2 is 1.83 bits per heavy atom. The SMILES string of the molecule is Cn1cc(-c2cc3c(N[C@H]4CC[C@H](NC(=O)OC(C)(C)C)CC4)c(/C(N)=N/c4cc(F)ccc4Cl)cnn3c2)cn1. The zero-order chi connectivity index (χ0) is 29.3. The van der Waals surface area contributed by atoms with E-state index in [-0.39, 0.29) is 28.6 Å². The first kappa shape index (κ1) is 28.4. The van der Waals surface area contributed by atoms with Crippen LogP contribution in [0.1, 0.15) is 52.0 Å². The molecule has 1 saturated carbocycles. The van der Waals surface area contributed by atoms with E-state index in [4.69, 9.17) is 22.1 Å². The second kappa shape index (κ2) is 11.4. The molecule has 1 aliphatic rings. The van der Waals surface area contributed by atoms with Gasteiger partial charge in [-0.25, -0.2) is 18.7 Å². The fraction of sp³-hybridized carbons (Fsp3) is 0.379. The van der Waals surface area contributed by atoms with Gasteiger partial charge in [0.25, 0.3) is 0 Å². The van der Waals surface area contributed by atoms with Gasteiger partial charge in [-0.1, -0.05) is 11.6 Å². The van der Waals surface area contributed by atoms with Crippen LogP contribution in [0.4, 0.5) is 20.6 Å². The van der Waals surface area contributed by atoms with Gasteiger partial charge >= 0.3 is 6.09 Å². The van der Waals surface area contributed by atoms with E-state index in [1.54, 1.807) is 21.6 Å². The molecule has 216 valence electrons. The van der Waals surface area contributed by atoms with E-state index in [1.807, 2.05) is 46.3 Å². The Morgan fingerprint density at radius 3 is 2.51 bits per heavy atom. The predicted octanol–water partition coefficient (Wildman–Crippen LogP) is 5.81. The number of hydrogen-bond donors (Lipinski definition) is 3. The number of amidine groups is 1. The Hall–Kier alpha value is -4.12. The quantitative estimate of drug-likeness (QED) is 0.195. The summed E-state index contributed by atoms with van der Waals surface area (Å²) in [6, 6.07) is 6.12. The van der Waals surface area contributed by atoms with Crippen molar-refractivity contribution < 1.29 is 13.9 Å². The van der Waals surface area contributed by atoms with Gasteiger partial charge in [0.15, 0.2) is 0 Å². The van der Waals surface area contributed by atoms with Crippen LogP contribution in [-0.4, -0.2) is 49.0 Å². The molecule has 4 aromatic rings. The summed E-state index contributed by atoms with van der Waals surface area (Å²) in [7, 11) is 1.87. The number of nitrogens with zero attached hydrogens (tertiary/aromatic N) is 5. The number of amides is 1.